The number of amides is 1. The summed E-state index contributed by atoms with van der Waals surface area (Å²) in [6.45, 7) is 0. The van der Waals surface area contributed by atoms with E-state index in [0.717, 1.165) is 5.56 Å². The summed E-state index contributed by atoms with van der Waals surface area (Å²) in [5.41, 5.74) is 6.94. The molecule has 1 amide bonds. The van der Waals surface area contributed by atoms with Gasteiger partial charge in [0.2, 0.25) is 5.91 Å². The van der Waals surface area contributed by atoms with Crippen molar-refractivity contribution in [3.05, 3.63) is 35.4 Å². The van der Waals surface area contributed by atoms with Crippen LogP contribution in [-0.2, 0) is 11.2 Å². The van der Waals surface area contributed by atoms with Crippen LogP contribution >= 0.6 is 0 Å². The fraction of sp³-hybridized carbons (Fsp3) is 0.273. The first-order valence-corrected chi connectivity index (χ1v) is 4.81. The van der Waals surface area contributed by atoms with E-state index in [2.05, 4.69) is 5.16 Å². The number of nitrogens with two attached hydrogens (primary N) is 1. The molecule has 0 bridgehead atoms. The molecule has 0 aliphatic heterocycles. The monoisotopic (exact) mass is 221 g/mol. The van der Waals surface area contributed by atoms with Crippen LogP contribution in [0.1, 0.15) is 11.1 Å². The van der Waals surface area contributed by atoms with Gasteiger partial charge in [-0.25, -0.2) is 0 Å². The zero-order valence-corrected chi connectivity index (χ0v) is 9.34. The van der Waals surface area contributed by atoms with E-state index >= 15 is 0 Å². The normalized spacial score (nSPS) is 11.2. The average Bonchev–Trinajstić information content (AvgIpc) is 2.28. The predicted molar refractivity (Wildman–Crippen MR) is 61.4 cm³/mol. The number of likely N-dealkylation sites (N-methyl/N-ethyl adjacent to an activating group) is 1. The lowest BCUT2D eigenvalue weighted by molar-refractivity contribution is -0.127. The Morgan fingerprint density at radius 3 is 2.38 bits per heavy atom. The fourth-order valence-corrected chi connectivity index (χ4v) is 1.18. The maximum atomic E-state index is 11.4. The summed E-state index contributed by atoms with van der Waals surface area (Å²) in [6, 6.07) is 7.00. The van der Waals surface area contributed by atoms with Gasteiger partial charge >= 0.3 is 0 Å². The van der Waals surface area contributed by atoms with Crippen LogP contribution in [0.5, 0.6) is 0 Å². The number of oxime groups is 1. The molecule has 86 valence electrons. The first-order valence-electron chi connectivity index (χ1n) is 4.81. The van der Waals surface area contributed by atoms with E-state index in [1.807, 2.05) is 0 Å². The van der Waals surface area contributed by atoms with E-state index in [4.69, 9.17) is 10.9 Å². The van der Waals surface area contributed by atoms with Gasteiger partial charge in [-0.2, -0.15) is 0 Å². The van der Waals surface area contributed by atoms with Gasteiger partial charge in [0.25, 0.3) is 0 Å². The third-order valence-electron chi connectivity index (χ3n) is 2.21. The fourth-order valence-electron chi connectivity index (χ4n) is 1.18. The topological polar surface area (TPSA) is 78.9 Å². The van der Waals surface area contributed by atoms with Crippen molar-refractivity contribution >= 4 is 11.7 Å². The summed E-state index contributed by atoms with van der Waals surface area (Å²) in [5, 5.41) is 11.4. The molecule has 0 heterocycles. The third-order valence-corrected chi connectivity index (χ3v) is 2.21. The highest BCUT2D eigenvalue weighted by atomic mass is 16.4. The van der Waals surface area contributed by atoms with Gasteiger partial charge in [0.1, 0.15) is 0 Å². The molecule has 0 unspecified atom stereocenters. The van der Waals surface area contributed by atoms with Gasteiger partial charge in [0.05, 0.1) is 6.42 Å². The number of hydrogen-bond donors (Lipinski definition) is 2. The molecular formula is C11H15N3O2. The van der Waals surface area contributed by atoms with Crippen LogP contribution in [0.25, 0.3) is 0 Å². The van der Waals surface area contributed by atoms with Crippen LogP contribution < -0.4 is 5.73 Å². The molecule has 0 atom stereocenters. The minimum atomic E-state index is 0.0385. The van der Waals surface area contributed by atoms with Gasteiger partial charge in [-0.05, 0) is 5.56 Å². The first-order chi connectivity index (χ1) is 7.54. The molecule has 1 aromatic rings. The number of carbonyl (C=O) groups excluding carboxylic acids is 1. The molecule has 16 heavy (non-hydrogen) atoms. The second-order valence-electron chi connectivity index (χ2n) is 3.65. The van der Waals surface area contributed by atoms with Crippen molar-refractivity contribution in [2.75, 3.05) is 14.1 Å². The van der Waals surface area contributed by atoms with Gasteiger partial charge < -0.3 is 15.8 Å². The largest absolute Gasteiger partial charge is 0.409 e. The second-order valence-corrected chi connectivity index (χ2v) is 3.65. The van der Waals surface area contributed by atoms with Gasteiger partial charge in [-0.1, -0.05) is 29.4 Å². The third kappa shape index (κ3) is 2.98. The Hall–Kier alpha value is -2.04. The van der Waals surface area contributed by atoms with Crippen molar-refractivity contribution < 1.29 is 10.0 Å². The molecule has 3 N–H and O–H groups in total. The quantitative estimate of drug-likeness (QED) is 0.336. The van der Waals surface area contributed by atoms with E-state index in [9.17, 15) is 4.79 Å². The Balaban J connectivity index is 2.76. The van der Waals surface area contributed by atoms with Crippen molar-refractivity contribution in [3.63, 3.8) is 0 Å². The Kier molecular flexibility index (Phi) is 3.88. The lowest BCUT2D eigenvalue weighted by atomic mass is 10.1. The standard InChI is InChI=1S/C11H15N3O2/c1-14(2)10(15)7-8-3-5-9(6-4-8)11(12)13-16/h3-6,16H,7H2,1-2H3,(H2,12,13). The number of amidine groups is 1. The number of benzene rings is 1. The van der Waals surface area contributed by atoms with Crippen molar-refractivity contribution in [2.45, 2.75) is 6.42 Å². The molecule has 0 aliphatic carbocycles. The van der Waals surface area contributed by atoms with Crippen LogP contribution in [0.3, 0.4) is 0 Å². The minimum Gasteiger partial charge on any atom is -0.409 e. The summed E-state index contributed by atoms with van der Waals surface area (Å²) >= 11 is 0. The van der Waals surface area contributed by atoms with Gasteiger partial charge in [0, 0.05) is 19.7 Å². The summed E-state index contributed by atoms with van der Waals surface area (Å²) in [4.78, 5) is 13.0. The van der Waals surface area contributed by atoms with Crippen molar-refractivity contribution in [3.8, 4) is 0 Å². The van der Waals surface area contributed by atoms with Crippen LogP contribution in [-0.4, -0.2) is 35.9 Å². The molecule has 0 saturated carbocycles. The lowest BCUT2D eigenvalue weighted by Gasteiger charge is -2.10. The van der Waals surface area contributed by atoms with Crippen LogP contribution in [0, 0.1) is 0 Å². The van der Waals surface area contributed by atoms with Crippen LogP contribution in [0.4, 0.5) is 0 Å². The molecular weight excluding hydrogens is 206 g/mol. The highest BCUT2D eigenvalue weighted by Gasteiger charge is 2.06. The Morgan fingerprint density at radius 1 is 1.38 bits per heavy atom. The SMILES string of the molecule is CN(C)C(=O)Cc1ccc(C(N)=NO)cc1. The van der Waals surface area contributed by atoms with E-state index in [1.165, 1.54) is 4.90 Å². The Labute approximate surface area is 94.2 Å². The smallest absolute Gasteiger partial charge is 0.226 e. The molecule has 0 radical (unpaired) electrons. The van der Waals surface area contributed by atoms with E-state index in [1.54, 1.807) is 38.4 Å². The summed E-state index contributed by atoms with van der Waals surface area (Å²) < 4.78 is 0. The number of rotatable bonds is 3. The van der Waals surface area contributed by atoms with Gasteiger partial charge in [0.15, 0.2) is 5.84 Å². The molecule has 5 nitrogen and oxygen atoms in total. The van der Waals surface area contributed by atoms with E-state index in [-0.39, 0.29) is 11.7 Å². The van der Waals surface area contributed by atoms with Crippen LogP contribution in [0.2, 0.25) is 0 Å². The van der Waals surface area contributed by atoms with Crippen molar-refractivity contribution in [1.29, 1.82) is 0 Å². The van der Waals surface area contributed by atoms with Gasteiger partial charge in [-0.15, -0.1) is 0 Å². The maximum Gasteiger partial charge on any atom is 0.226 e. The van der Waals surface area contributed by atoms with Crippen molar-refractivity contribution in [2.24, 2.45) is 10.9 Å². The zero-order valence-electron chi connectivity index (χ0n) is 9.34. The average molecular weight is 221 g/mol. The summed E-state index contributed by atoms with van der Waals surface area (Å²) in [7, 11) is 3.43. The molecule has 5 heteroatoms. The molecule has 0 aliphatic rings. The molecule has 0 saturated heterocycles. The van der Waals surface area contributed by atoms with Gasteiger partial charge in [-0.3, -0.25) is 4.79 Å². The number of carbonyl (C=O) groups is 1. The molecule has 0 fully saturated rings. The zero-order chi connectivity index (χ0) is 12.1. The highest BCUT2D eigenvalue weighted by Crippen LogP contribution is 2.05. The van der Waals surface area contributed by atoms with Crippen molar-refractivity contribution in [1.82, 2.24) is 4.90 Å². The number of hydrogen-bond acceptors (Lipinski definition) is 3. The summed E-state index contributed by atoms with van der Waals surface area (Å²) in [6.07, 6.45) is 0.351. The first kappa shape index (κ1) is 12.0. The van der Waals surface area contributed by atoms with E-state index in [0.29, 0.717) is 12.0 Å². The minimum absolute atomic E-state index is 0.0385. The van der Waals surface area contributed by atoms with E-state index < -0.39 is 0 Å². The molecule has 1 rings (SSSR count). The molecule has 0 spiro atoms. The highest BCUT2D eigenvalue weighted by molar-refractivity contribution is 5.97. The molecule has 1 aromatic carbocycles. The second kappa shape index (κ2) is 5.16. The summed E-state index contributed by atoms with van der Waals surface area (Å²) in [5.74, 6) is 0.0991. The lowest BCUT2D eigenvalue weighted by Crippen LogP contribution is -2.23. The van der Waals surface area contributed by atoms with Crippen LogP contribution in [0.15, 0.2) is 29.4 Å². The Bertz CT molecular complexity index is 396. The number of nitrogens with zero attached hydrogens (tertiary/aromatic N) is 2. The Morgan fingerprint density at radius 2 is 1.94 bits per heavy atom. The molecule has 0 aromatic heterocycles. The predicted octanol–water partition coefficient (Wildman–Crippen LogP) is 0.412. The maximum absolute atomic E-state index is 11.4.